The summed E-state index contributed by atoms with van der Waals surface area (Å²) in [6.45, 7) is 5.64. The molecule has 3 nitrogen and oxygen atoms in total. The van der Waals surface area contributed by atoms with Gasteiger partial charge in [-0.25, -0.2) is 4.39 Å². The molecule has 1 aliphatic rings. The van der Waals surface area contributed by atoms with Gasteiger partial charge in [0.25, 0.3) is 0 Å². The summed E-state index contributed by atoms with van der Waals surface area (Å²) in [5, 5.41) is 9.36. The van der Waals surface area contributed by atoms with E-state index in [9.17, 15) is 9.50 Å². The van der Waals surface area contributed by atoms with Gasteiger partial charge in [0.15, 0.2) is 6.17 Å². The van der Waals surface area contributed by atoms with Gasteiger partial charge in [-0.1, -0.05) is 0 Å². The molecule has 1 fully saturated rings. The Balaban J connectivity index is 2.35. The van der Waals surface area contributed by atoms with Gasteiger partial charge in [0.1, 0.15) is 12.2 Å². The van der Waals surface area contributed by atoms with Crippen molar-refractivity contribution in [3.05, 3.63) is 0 Å². The van der Waals surface area contributed by atoms with Gasteiger partial charge in [0.2, 0.25) is 0 Å². The lowest BCUT2D eigenvalue weighted by molar-refractivity contribution is -0.0553. The summed E-state index contributed by atoms with van der Waals surface area (Å²) in [4.78, 5) is 0. The number of rotatable bonds is 3. The van der Waals surface area contributed by atoms with Gasteiger partial charge in [0.05, 0.1) is 18.8 Å². The van der Waals surface area contributed by atoms with Crippen molar-refractivity contribution in [1.82, 2.24) is 0 Å². The van der Waals surface area contributed by atoms with E-state index in [0.717, 1.165) is 0 Å². The van der Waals surface area contributed by atoms with Gasteiger partial charge in [-0.2, -0.15) is 0 Å². The summed E-state index contributed by atoms with van der Waals surface area (Å²) in [6, 6.07) is 0. The van der Waals surface area contributed by atoms with Crippen molar-refractivity contribution in [1.29, 1.82) is 0 Å². The molecular weight excluding hydrogens is 175 g/mol. The second-order valence-corrected chi connectivity index (χ2v) is 3.70. The first-order chi connectivity index (χ1) is 6.02. The van der Waals surface area contributed by atoms with E-state index in [1.54, 1.807) is 6.92 Å². The van der Waals surface area contributed by atoms with Crippen molar-refractivity contribution in [2.75, 3.05) is 6.61 Å². The van der Waals surface area contributed by atoms with Gasteiger partial charge in [-0.05, 0) is 20.8 Å². The van der Waals surface area contributed by atoms with Crippen LogP contribution in [-0.4, -0.2) is 42.3 Å². The molecule has 1 N–H and O–H groups in total. The Kier molecular flexibility index (Phi) is 3.64. The van der Waals surface area contributed by atoms with Crippen molar-refractivity contribution < 1.29 is 19.0 Å². The fourth-order valence-electron chi connectivity index (χ4n) is 1.34. The standard InChI is InChI=1S/C9H17FO3/c1-5(2)12-4-7-9(11)8(10)6(3)13-7/h5-9,11H,4H2,1-3H3. The van der Waals surface area contributed by atoms with Gasteiger partial charge < -0.3 is 14.6 Å². The fraction of sp³-hybridized carbons (Fsp3) is 1.00. The molecule has 1 aliphatic heterocycles. The summed E-state index contributed by atoms with van der Waals surface area (Å²) >= 11 is 0. The van der Waals surface area contributed by atoms with E-state index in [2.05, 4.69) is 0 Å². The second-order valence-electron chi connectivity index (χ2n) is 3.70. The number of hydrogen-bond acceptors (Lipinski definition) is 3. The predicted molar refractivity (Wildman–Crippen MR) is 46.3 cm³/mol. The van der Waals surface area contributed by atoms with Crippen LogP contribution in [0.4, 0.5) is 4.39 Å². The van der Waals surface area contributed by atoms with E-state index in [-0.39, 0.29) is 12.7 Å². The molecule has 1 rings (SSSR count). The molecule has 4 unspecified atom stereocenters. The molecule has 0 bridgehead atoms. The lowest BCUT2D eigenvalue weighted by Gasteiger charge is -2.15. The Morgan fingerprint density at radius 3 is 2.54 bits per heavy atom. The summed E-state index contributed by atoms with van der Waals surface area (Å²) in [6.07, 6.45) is -3.32. The average Bonchev–Trinajstić information content (AvgIpc) is 2.29. The summed E-state index contributed by atoms with van der Waals surface area (Å²) in [7, 11) is 0. The molecule has 1 heterocycles. The number of halogens is 1. The maximum Gasteiger partial charge on any atom is 0.154 e. The van der Waals surface area contributed by atoms with Crippen LogP contribution in [0, 0.1) is 0 Å². The largest absolute Gasteiger partial charge is 0.387 e. The number of ether oxygens (including phenoxy) is 2. The lowest BCUT2D eigenvalue weighted by atomic mass is 10.1. The Morgan fingerprint density at radius 2 is 2.15 bits per heavy atom. The highest BCUT2D eigenvalue weighted by atomic mass is 19.1. The monoisotopic (exact) mass is 192 g/mol. The van der Waals surface area contributed by atoms with Crippen LogP contribution in [0.1, 0.15) is 20.8 Å². The molecule has 0 radical (unpaired) electrons. The molecule has 4 heteroatoms. The van der Waals surface area contributed by atoms with Gasteiger partial charge in [-0.3, -0.25) is 0 Å². The molecule has 0 amide bonds. The van der Waals surface area contributed by atoms with Crippen molar-refractivity contribution in [3.8, 4) is 0 Å². The van der Waals surface area contributed by atoms with Crippen LogP contribution in [0.25, 0.3) is 0 Å². The van der Waals surface area contributed by atoms with Crippen molar-refractivity contribution in [3.63, 3.8) is 0 Å². The third kappa shape index (κ3) is 2.62. The lowest BCUT2D eigenvalue weighted by Crippen LogP contribution is -2.32. The van der Waals surface area contributed by atoms with E-state index in [4.69, 9.17) is 9.47 Å². The summed E-state index contributed by atoms with van der Waals surface area (Å²) in [5.41, 5.74) is 0. The maximum absolute atomic E-state index is 13.1. The van der Waals surface area contributed by atoms with E-state index < -0.39 is 24.5 Å². The molecule has 0 aliphatic carbocycles. The highest BCUT2D eigenvalue weighted by Crippen LogP contribution is 2.23. The molecular formula is C9H17FO3. The Hall–Kier alpha value is -0.190. The molecule has 13 heavy (non-hydrogen) atoms. The molecule has 1 saturated heterocycles. The molecule has 78 valence electrons. The van der Waals surface area contributed by atoms with E-state index in [1.807, 2.05) is 13.8 Å². The van der Waals surface area contributed by atoms with E-state index >= 15 is 0 Å². The second kappa shape index (κ2) is 4.35. The van der Waals surface area contributed by atoms with Crippen LogP contribution in [0.15, 0.2) is 0 Å². The third-order valence-electron chi connectivity index (χ3n) is 2.14. The van der Waals surface area contributed by atoms with E-state index in [0.29, 0.717) is 0 Å². The van der Waals surface area contributed by atoms with Crippen LogP contribution < -0.4 is 0 Å². The van der Waals surface area contributed by atoms with Crippen LogP contribution in [-0.2, 0) is 9.47 Å². The number of aliphatic hydroxyl groups excluding tert-OH is 1. The zero-order chi connectivity index (χ0) is 10.0. The van der Waals surface area contributed by atoms with Gasteiger partial charge >= 0.3 is 0 Å². The average molecular weight is 192 g/mol. The first-order valence-electron chi connectivity index (χ1n) is 4.61. The van der Waals surface area contributed by atoms with Crippen molar-refractivity contribution in [2.45, 2.75) is 51.4 Å². The van der Waals surface area contributed by atoms with Gasteiger partial charge in [-0.15, -0.1) is 0 Å². The molecule has 0 saturated carbocycles. The van der Waals surface area contributed by atoms with Crippen LogP contribution in [0.5, 0.6) is 0 Å². The van der Waals surface area contributed by atoms with Crippen LogP contribution in [0.2, 0.25) is 0 Å². The smallest absolute Gasteiger partial charge is 0.154 e. The highest BCUT2D eigenvalue weighted by Gasteiger charge is 2.41. The van der Waals surface area contributed by atoms with Crippen LogP contribution >= 0.6 is 0 Å². The SMILES string of the molecule is CC(C)OCC1OC(C)C(F)C1O. The normalized spacial score (nSPS) is 40.2. The first kappa shape index (κ1) is 10.9. The quantitative estimate of drug-likeness (QED) is 0.722. The molecule has 0 aromatic carbocycles. The third-order valence-corrected chi connectivity index (χ3v) is 2.14. The molecule has 0 aromatic heterocycles. The summed E-state index contributed by atoms with van der Waals surface area (Å²) < 4.78 is 23.5. The predicted octanol–water partition coefficient (Wildman–Crippen LogP) is 0.898. The maximum atomic E-state index is 13.1. The van der Waals surface area contributed by atoms with Crippen molar-refractivity contribution in [2.24, 2.45) is 0 Å². The minimum absolute atomic E-state index is 0.0739. The molecule has 4 atom stereocenters. The van der Waals surface area contributed by atoms with Crippen molar-refractivity contribution >= 4 is 0 Å². The number of aliphatic hydroxyl groups is 1. The zero-order valence-electron chi connectivity index (χ0n) is 8.24. The molecule has 0 spiro atoms. The Bertz CT molecular complexity index is 163. The first-order valence-corrected chi connectivity index (χ1v) is 4.61. The Morgan fingerprint density at radius 1 is 1.54 bits per heavy atom. The van der Waals surface area contributed by atoms with Crippen LogP contribution in [0.3, 0.4) is 0 Å². The minimum Gasteiger partial charge on any atom is -0.387 e. The van der Waals surface area contributed by atoms with E-state index in [1.165, 1.54) is 0 Å². The molecule has 0 aromatic rings. The number of hydrogen-bond donors (Lipinski definition) is 1. The van der Waals surface area contributed by atoms with Gasteiger partial charge in [0, 0.05) is 0 Å². The Labute approximate surface area is 77.8 Å². The highest BCUT2D eigenvalue weighted by molar-refractivity contribution is 4.88. The summed E-state index contributed by atoms with van der Waals surface area (Å²) in [5.74, 6) is 0. The fourth-order valence-corrected chi connectivity index (χ4v) is 1.34. The minimum atomic E-state index is -1.29. The number of alkyl halides is 1. The zero-order valence-corrected chi connectivity index (χ0v) is 8.24. The topological polar surface area (TPSA) is 38.7 Å².